The predicted octanol–water partition coefficient (Wildman–Crippen LogP) is 1.70. The minimum atomic E-state index is -2.37. The number of aryl methyl sites for hydroxylation is 3. The topological polar surface area (TPSA) is 551 Å². The number of fused-ring (bicyclic) bond motifs is 15. The van der Waals surface area contributed by atoms with Gasteiger partial charge in [-0.25, -0.2) is 0 Å². The van der Waals surface area contributed by atoms with Crippen LogP contribution in [0.2, 0.25) is 10.0 Å². The first-order chi connectivity index (χ1) is 53.8. The van der Waals surface area contributed by atoms with Gasteiger partial charge in [0, 0.05) is 34.8 Å². The molecule has 37 heteroatoms. The average Bonchev–Trinajstić information content (AvgIpc) is 0.766. The number of anilines is 1. The van der Waals surface area contributed by atoms with Crippen LogP contribution in [-0.4, -0.2) is 198 Å². The van der Waals surface area contributed by atoms with Crippen molar-refractivity contribution in [3.8, 4) is 57.1 Å². The molecule has 0 radical (unpaired) electrons. The number of rotatable bonds is 16. The Balaban J connectivity index is 1.13. The highest BCUT2D eigenvalue weighted by Crippen LogP contribution is 2.50. The standard InChI is InChI=1S/C77H89Cl2N11O24/c1-29(2)15-43(82-8)69(102)89-60-62(97)35-10-13-47(41(78)19-35)110-49-21-37-22-50(66(49)114-76-67(65(100)64(99)51(28-91)112-76)113-54-26-77(7,81)68(101)33(6)109-54)111-48-14-11-36(20-42(48)79)63(98)61-75(108)88-59(71(104)83-27-53(96)85-56-31(4)16-30(3)17-32(56)5)40-23-38(92)24-46(94)55(40)39-18-34(9-12-45(39)93)57(72(105)90-61)87-73(106)58(37)86-70(103)44(25-52(80)95)84-74(60)107/h9-14,16-24,29,33,43-44,51,54,57-65,67-68,76,82,91-94,97-101H,15,25-28,81H2,1-8H3,(H2,80,95)(H,83,104)(H,84,107)(H,85,96)(H,86,103)(H,87,106)(H,88,108)(H,89,102)(H,90,105). The van der Waals surface area contributed by atoms with Gasteiger partial charge in [-0.3, -0.25) is 43.2 Å². The number of phenols is 3. The second-order valence-corrected chi connectivity index (χ2v) is 30.2. The number of halogens is 2. The second-order valence-electron chi connectivity index (χ2n) is 29.4. The number of nitrogens with two attached hydrogens (primary N) is 2. The van der Waals surface area contributed by atoms with Crippen LogP contribution in [0.3, 0.4) is 0 Å². The fraction of sp³-hybridized carbons (Fsp3) is 0.416. The van der Waals surface area contributed by atoms with Gasteiger partial charge in [-0.2, -0.15) is 0 Å². The van der Waals surface area contributed by atoms with E-state index in [0.29, 0.717) is 16.8 Å². The molecule has 2 fully saturated rings. The van der Waals surface area contributed by atoms with Crippen LogP contribution in [0, 0.1) is 26.7 Å². The van der Waals surface area contributed by atoms with Crippen molar-refractivity contribution in [2.45, 2.75) is 177 Å². The van der Waals surface area contributed by atoms with Gasteiger partial charge >= 0.3 is 0 Å². The fourth-order valence-electron chi connectivity index (χ4n) is 14.3. The third-order valence-corrected chi connectivity index (χ3v) is 20.7. The Hall–Kier alpha value is -10.5. The van der Waals surface area contributed by atoms with E-state index in [-0.39, 0.29) is 46.2 Å². The van der Waals surface area contributed by atoms with Crippen molar-refractivity contribution in [2.75, 3.05) is 25.5 Å². The number of carbonyl (C=O) groups is 9. The van der Waals surface area contributed by atoms with E-state index in [1.54, 1.807) is 13.8 Å². The number of ether oxygens (including phenoxy) is 6. The number of hydrogen-bond acceptors (Lipinski definition) is 26. The number of carbonyl (C=O) groups excluding carboxylic acids is 9. The Morgan fingerprint density at radius 2 is 1.30 bits per heavy atom. The van der Waals surface area contributed by atoms with Gasteiger partial charge in [-0.15, -0.1) is 0 Å². The van der Waals surface area contributed by atoms with E-state index in [0.717, 1.165) is 72.3 Å². The van der Waals surface area contributed by atoms with Crippen LogP contribution < -0.4 is 73.5 Å². The van der Waals surface area contributed by atoms with E-state index >= 15 is 19.2 Å². The SMILES string of the molecule is CNC(CC(C)C)C(=O)NC1C(=O)NC(CC(N)=O)C(=O)NC2C(=O)NC3C(=O)NC(C(=O)NC(C(=O)NCC(=O)Nc4c(C)cc(C)cc4C)c4cc(O)cc(O)c4-c4cc3ccc4O)C(O)c3ccc(c(Cl)c3)Oc3cc2cc(c3OC2OC(CO)C(O)C(O)C2OC2CC(C)(N)C(O)C(C)O2)Oc2ccc(cc2Cl)C1O. The van der Waals surface area contributed by atoms with Crippen LogP contribution >= 0.6 is 23.2 Å². The van der Waals surface area contributed by atoms with Crippen LogP contribution in [0.1, 0.15) is 122 Å². The lowest BCUT2D eigenvalue weighted by atomic mass is 9.86. The summed E-state index contributed by atoms with van der Waals surface area (Å²) in [5.41, 5.74) is 10.9. The van der Waals surface area contributed by atoms with Gasteiger partial charge < -0.3 is 134 Å². The minimum Gasteiger partial charge on any atom is -0.508 e. The van der Waals surface area contributed by atoms with Gasteiger partial charge in [0.2, 0.25) is 65.2 Å². The fourth-order valence-corrected chi connectivity index (χ4v) is 14.8. The average molecular weight is 1620 g/mol. The lowest BCUT2D eigenvalue weighted by Crippen LogP contribution is -2.64. The molecule has 114 heavy (non-hydrogen) atoms. The first-order valence-electron chi connectivity index (χ1n) is 36.2. The predicted molar refractivity (Wildman–Crippen MR) is 404 cm³/mol. The number of aromatic hydroxyl groups is 3. The van der Waals surface area contributed by atoms with Crippen LogP contribution in [0.5, 0.6) is 46.0 Å². The number of aliphatic hydroxyl groups is 6. The normalized spacial score (nSPS) is 27.3. The molecular weight excluding hydrogens is 1530 g/mol. The van der Waals surface area contributed by atoms with Crippen molar-refractivity contribution in [1.29, 1.82) is 0 Å². The van der Waals surface area contributed by atoms with E-state index < -0.39 is 250 Å². The van der Waals surface area contributed by atoms with Gasteiger partial charge in [0.1, 0.15) is 95.5 Å². The summed E-state index contributed by atoms with van der Waals surface area (Å²) < 4.78 is 38.6. The monoisotopic (exact) mass is 1620 g/mol. The zero-order valence-electron chi connectivity index (χ0n) is 62.6. The van der Waals surface area contributed by atoms with Crippen molar-refractivity contribution in [2.24, 2.45) is 17.4 Å². The number of phenolic OH excluding ortho intramolecular Hbond substituents is 3. The molecule has 6 aromatic carbocycles. The van der Waals surface area contributed by atoms with E-state index in [1.165, 1.54) is 33.0 Å². The molecule has 18 atom stereocenters. The van der Waals surface area contributed by atoms with Gasteiger partial charge in [0.15, 0.2) is 23.9 Å². The van der Waals surface area contributed by atoms with Crippen LogP contribution in [0.15, 0.2) is 91.0 Å². The van der Waals surface area contributed by atoms with Crippen molar-refractivity contribution in [3.05, 3.63) is 146 Å². The Bertz CT molecular complexity index is 4740. The first-order valence-corrected chi connectivity index (χ1v) is 37.0. The number of primary amides is 1. The van der Waals surface area contributed by atoms with Gasteiger partial charge in [0.25, 0.3) is 0 Å². The maximum atomic E-state index is 16.3. The summed E-state index contributed by atoms with van der Waals surface area (Å²) in [5.74, 6) is -16.1. The van der Waals surface area contributed by atoms with Crippen molar-refractivity contribution in [1.82, 2.24) is 42.5 Å². The highest BCUT2D eigenvalue weighted by molar-refractivity contribution is 6.32. The molecule has 0 spiro atoms. The Morgan fingerprint density at radius 3 is 1.89 bits per heavy atom. The number of nitrogens with one attached hydrogen (secondary N) is 9. The second kappa shape index (κ2) is 34.7. The molecule has 18 unspecified atom stereocenters. The summed E-state index contributed by atoms with van der Waals surface area (Å²) in [5, 5.41) is 128. The molecule has 610 valence electrons. The molecule has 0 saturated carbocycles. The number of benzene rings is 6. The molecule has 11 bridgehead atoms. The number of aliphatic hydroxyl groups excluding tert-OH is 6. The van der Waals surface area contributed by atoms with E-state index in [2.05, 4.69) is 47.9 Å². The summed E-state index contributed by atoms with van der Waals surface area (Å²) in [4.78, 5) is 134. The van der Waals surface area contributed by atoms with Crippen molar-refractivity contribution in [3.63, 3.8) is 0 Å². The lowest BCUT2D eigenvalue weighted by Gasteiger charge is -2.47. The maximum absolute atomic E-state index is 16.3. The van der Waals surface area contributed by atoms with Gasteiger partial charge in [0.05, 0.1) is 47.9 Å². The number of amides is 9. The molecule has 9 amide bonds. The maximum Gasteiger partial charge on any atom is 0.248 e. The third-order valence-electron chi connectivity index (χ3n) is 20.2. The zero-order valence-corrected chi connectivity index (χ0v) is 64.2. The largest absolute Gasteiger partial charge is 0.508 e. The zero-order chi connectivity index (χ0) is 83.0. The summed E-state index contributed by atoms with van der Waals surface area (Å²) in [6, 6.07) is 3.23. The highest BCUT2D eigenvalue weighted by Gasteiger charge is 2.52. The van der Waals surface area contributed by atoms with Crippen molar-refractivity contribution < 1.29 is 118 Å². The van der Waals surface area contributed by atoms with E-state index in [4.69, 9.17) is 63.1 Å². The molecule has 6 aromatic rings. The minimum absolute atomic E-state index is 0.107. The molecule has 7 heterocycles. The number of hydrogen-bond donors (Lipinski definition) is 20. The quantitative estimate of drug-likeness (QED) is 0.0656. The Morgan fingerprint density at radius 1 is 0.693 bits per heavy atom. The van der Waals surface area contributed by atoms with E-state index in [1.807, 2.05) is 32.9 Å². The molecule has 0 aliphatic carbocycles. The summed E-state index contributed by atoms with van der Waals surface area (Å²) in [6.07, 6.45) is -18.7. The van der Waals surface area contributed by atoms with Gasteiger partial charge in [-0.1, -0.05) is 72.9 Å². The molecule has 22 N–H and O–H groups in total. The van der Waals surface area contributed by atoms with E-state index in [9.17, 15) is 69.9 Å². The molecule has 0 aromatic heterocycles. The third kappa shape index (κ3) is 18.3. The van der Waals surface area contributed by atoms with Crippen LogP contribution in [0.4, 0.5) is 5.69 Å². The summed E-state index contributed by atoms with van der Waals surface area (Å²) in [6.45, 7) is 10.2. The first kappa shape index (κ1) is 84.4. The summed E-state index contributed by atoms with van der Waals surface area (Å²) in [7, 11) is 1.47. The molecule has 35 nitrogen and oxygen atoms in total. The molecule has 13 rings (SSSR count). The van der Waals surface area contributed by atoms with Gasteiger partial charge in [-0.05, 0) is 148 Å². The molecule has 7 aliphatic heterocycles. The Labute approximate surface area is 661 Å². The summed E-state index contributed by atoms with van der Waals surface area (Å²) >= 11 is 14.3. The van der Waals surface area contributed by atoms with Crippen LogP contribution in [-0.2, 0) is 57.4 Å². The smallest absolute Gasteiger partial charge is 0.248 e. The van der Waals surface area contributed by atoms with Crippen molar-refractivity contribution >= 4 is 82.1 Å². The molecular formula is C77H89Cl2N11O24. The number of likely N-dealkylation sites (N-methyl/N-ethyl adjacent to an activating group) is 1. The van der Waals surface area contributed by atoms with Crippen LogP contribution in [0.25, 0.3) is 11.1 Å². The lowest BCUT2D eigenvalue weighted by molar-refractivity contribution is -0.333. The molecule has 2 saturated heterocycles. The molecule has 7 aliphatic rings. The highest BCUT2D eigenvalue weighted by atomic mass is 35.5. The Kier molecular flexibility index (Phi) is 25.7.